The molecule has 0 aromatic rings. The zero-order valence-electron chi connectivity index (χ0n) is 7.88. The van der Waals surface area contributed by atoms with Crippen molar-refractivity contribution >= 4 is 11.9 Å². The second kappa shape index (κ2) is 10.5. The standard InChI is InChI=1S/C9H16O4.Cu/c10-8(11)6-4-2-1-3-5-7-9(12)13;/h1-7H2,(H,10,11)(H,12,13);/q;+2/p-2. The van der Waals surface area contributed by atoms with Gasteiger partial charge in [0.1, 0.15) is 0 Å². The molecule has 0 N–H and O–H groups in total. The average Bonchev–Trinajstić information content (AvgIpc) is 2.01. The Morgan fingerprint density at radius 1 is 0.714 bits per heavy atom. The number of carbonyl (C=O) groups is 2. The quantitative estimate of drug-likeness (QED) is 0.417. The summed E-state index contributed by atoms with van der Waals surface area (Å²) in [6.45, 7) is 0. The first-order valence-electron chi connectivity index (χ1n) is 4.52. The third kappa shape index (κ3) is 14.0. The van der Waals surface area contributed by atoms with E-state index in [1.54, 1.807) is 0 Å². The molecule has 0 aliphatic heterocycles. The average molecular weight is 250 g/mol. The maximum absolute atomic E-state index is 9.98. The van der Waals surface area contributed by atoms with Crippen molar-refractivity contribution in [3.63, 3.8) is 0 Å². The molecule has 0 atom stereocenters. The van der Waals surface area contributed by atoms with Gasteiger partial charge in [-0.15, -0.1) is 0 Å². The molecule has 0 saturated heterocycles. The van der Waals surface area contributed by atoms with Crippen molar-refractivity contribution in [2.45, 2.75) is 44.9 Å². The molecule has 0 aliphatic rings. The summed E-state index contributed by atoms with van der Waals surface area (Å²) >= 11 is 0. The van der Waals surface area contributed by atoms with Crippen molar-refractivity contribution in [1.29, 1.82) is 0 Å². The smallest absolute Gasteiger partial charge is 0.550 e. The van der Waals surface area contributed by atoms with Gasteiger partial charge >= 0.3 is 17.1 Å². The van der Waals surface area contributed by atoms with Gasteiger partial charge in [0, 0.05) is 11.9 Å². The maximum Gasteiger partial charge on any atom is 2.00 e. The first kappa shape index (κ1) is 15.9. The van der Waals surface area contributed by atoms with E-state index in [1.165, 1.54) is 0 Å². The molecule has 4 nitrogen and oxygen atoms in total. The van der Waals surface area contributed by atoms with E-state index >= 15 is 0 Å². The van der Waals surface area contributed by atoms with Gasteiger partial charge in [0.05, 0.1) is 0 Å². The van der Waals surface area contributed by atoms with Crippen molar-refractivity contribution < 1.29 is 36.9 Å². The van der Waals surface area contributed by atoms with Crippen LogP contribution in [0.1, 0.15) is 44.9 Å². The molecule has 0 aromatic carbocycles. The van der Waals surface area contributed by atoms with Gasteiger partial charge in [-0.1, -0.05) is 19.3 Å². The minimum absolute atomic E-state index is 0. The van der Waals surface area contributed by atoms with Gasteiger partial charge in [-0.05, 0) is 25.7 Å². The molecule has 85 valence electrons. The van der Waals surface area contributed by atoms with Crippen LogP contribution in [0.3, 0.4) is 0 Å². The van der Waals surface area contributed by atoms with Gasteiger partial charge in [0.2, 0.25) is 0 Å². The molecule has 0 spiro atoms. The van der Waals surface area contributed by atoms with Gasteiger partial charge in [-0.2, -0.15) is 0 Å². The molecule has 0 aliphatic carbocycles. The Kier molecular flexibility index (Phi) is 12.0. The minimum Gasteiger partial charge on any atom is -0.550 e. The van der Waals surface area contributed by atoms with E-state index in [4.69, 9.17) is 0 Å². The van der Waals surface area contributed by atoms with Crippen LogP contribution in [0.4, 0.5) is 0 Å². The second-order valence-corrected chi connectivity index (χ2v) is 3.01. The van der Waals surface area contributed by atoms with Crippen LogP contribution in [0.25, 0.3) is 0 Å². The third-order valence-electron chi connectivity index (χ3n) is 1.76. The van der Waals surface area contributed by atoms with Gasteiger partial charge in [0.25, 0.3) is 0 Å². The summed E-state index contributed by atoms with van der Waals surface area (Å²) < 4.78 is 0. The number of hydrogen-bond donors (Lipinski definition) is 0. The van der Waals surface area contributed by atoms with Crippen molar-refractivity contribution in [2.24, 2.45) is 0 Å². The molecule has 0 heterocycles. The third-order valence-corrected chi connectivity index (χ3v) is 1.76. The van der Waals surface area contributed by atoms with E-state index in [9.17, 15) is 19.8 Å². The van der Waals surface area contributed by atoms with Crippen molar-refractivity contribution in [3.05, 3.63) is 0 Å². The largest absolute Gasteiger partial charge is 2.00 e. The van der Waals surface area contributed by atoms with Gasteiger partial charge in [-0.25, -0.2) is 0 Å². The van der Waals surface area contributed by atoms with E-state index in [0.717, 1.165) is 19.3 Å². The number of aliphatic carboxylic acids is 2. The Labute approximate surface area is 94.2 Å². The Bertz CT molecular complexity index is 152. The number of carboxylic acid groups (broad SMARTS) is 2. The molecule has 0 rings (SSSR count). The zero-order valence-corrected chi connectivity index (χ0v) is 8.83. The summed E-state index contributed by atoms with van der Waals surface area (Å²) in [7, 11) is 0. The van der Waals surface area contributed by atoms with Crippen molar-refractivity contribution in [1.82, 2.24) is 0 Å². The number of unbranched alkanes of at least 4 members (excludes halogenated alkanes) is 4. The van der Waals surface area contributed by atoms with Gasteiger partial charge < -0.3 is 19.8 Å². The number of carboxylic acids is 2. The van der Waals surface area contributed by atoms with Crippen LogP contribution in [-0.4, -0.2) is 11.9 Å². The predicted molar refractivity (Wildman–Crippen MR) is 42.3 cm³/mol. The molecule has 0 amide bonds. The molecule has 5 heteroatoms. The SMILES string of the molecule is O=C([O-])CCCCCCCC(=O)[O-].[Cu+2]. The molecule has 14 heavy (non-hydrogen) atoms. The van der Waals surface area contributed by atoms with Crippen LogP contribution in [0.2, 0.25) is 0 Å². The summed E-state index contributed by atoms with van der Waals surface area (Å²) in [6, 6.07) is 0. The molecule has 0 aromatic heterocycles. The molecule has 0 saturated carbocycles. The maximum atomic E-state index is 9.98. The van der Waals surface area contributed by atoms with E-state index in [2.05, 4.69) is 0 Å². The molecule has 0 bridgehead atoms. The molecule has 0 unspecified atom stereocenters. The van der Waals surface area contributed by atoms with Gasteiger partial charge in [-0.3, -0.25) is 0 Å². The Morgan fingerprint density at radius 2 is 1.00 bits per heavy atom. The van der Waals surface area contributed by atoms with Gasteiger partial charge in [0.15, 0.2) is 0 Å². The van der Waals surface area contributed by atoms with Crippen LogP contribution in [0, 0.1) is 0 Å². The fourth-order valence-electron chi connectivity index (χ4n) is 1.07. The number of carbonyl (C=O) groups excluding carboxylic acids is 2. The van der Waals surface area contributed by atoms with E-state index < -0.39 is 11.9 Å². The summed E-state index contributed by atoms with van der Waals surface area (Å²) in [5.74, 6) is -2.04. The van der Waals surface area contributed by atoms with Crippen LogP contribution < -0.4 is 10.2 Å². The summed E-state index contributed by atoms with van der Waals surface area (Å²) in [6.07, 6.45) is 3.95. The minimum atomic E-state index is -1.02. The van der Waals surface area contributed by atoms with Crippen LogP contribution in [0.5, 0.6) is 0 Å². The first-order valence-corrected chi connectivity index (χ1v) is 4.52. The Balaban J connectivity index is 0. The van der Waals surface area contributed by atoms with E-state index in [-0.39, 0.29) is 29.9 Å². The molecular weight excluding hydrogens is 236 g/mol. The second-order valence-electron chi connectivity index (χ2n) is 3.01. The van der Waals surface area contributed by atoms with Crippen molar-refractivity contribution in [2.75, 3.05) is 0 Å². The Morgan fingerprint density at radius 3 is 1.29 bits per heavy atom. The molecule has 0 fully saturated rings. The number of hydrogen-bond acceptors (Lipinski definition) is 4. The summed E-state index contributed by atoms with van der Waals surface area (Å²) in [4.78, 5) is 20.0. The van der Waals surface area contributed by atoms with Crippen LogP contribution in [0.15, 0.2) is 0 Å². The molecular formula is C9H14CuO4. The normalized spacial score (nSPS) is 9.14. The number of rotatable bonds is 8. The monoisotopic (exact) mass is 249 g/mol. The Hall–Kier alpha value is -0.541. The van der Waals surface area contributed by atoms with Crippen molar-refractivity contribution in [3.8, 4) is 0 Å². The fraction of sp³-hybridized carbons (Fsp3) is 0.778. The van der Waals surface area contributed by atoms with E-state index in [1.807, 2.05) is 0 Å². The van der Waals surface area contributed by atoms with E-state index in [0.29, 0.717) is 12.8 Å². The summed E-state index contributed by atoms with van der Waals surface area (Å²) in [5, 5.41) is 20.0. The fourth-order valence-corrected chi connectivity index (χ4v) is 1.07. The first-order chi connectivity index (χ1) is 6.13. The van der Waals surface area contributed by atoms with Crippen LogP contribution in [-0.2, 0) is 26.7 Å². The topological polar surface area (TPSA) is 80.3 Å². The molecule has 1 radical (unpaired) electrons. The van der Waals surface area contributed by atoms with Crippen LogP contribution >= 0.6 is 0 Å². The predicted octanol–water partition coefficient (Wildman–Crippen LogP) is -0.786. The zero-order chi connectivity index (χ0) is 10.1. The summed E-state index contributed by atoms with van der Waals surface area (Å²) in [5.41, 5.74) is 0.